The molecule has 0 aromatic rings. The molecule has 2 N–H and O–H groups in total. The van der Waals surface area contributed by atoms with Crippen molar-refractivity contribution in [3.05, 3.63) is 0 Å². The fourth-order valence-electron chi connectivity index (χ4n) is 5.43. The molecule has 5 aliphatic rings. The minimum Gasteiger partial charge on any atom is -0.359 e. The van der Waals surface area contributed by atoms with Gasteiger partial charge < -0.3 is 5.32 Å². The zero-order chi connectivity index (χ0) is 14.2. The van der Waals surface area contributed by atoms with Crippen molar-refractivity contribution < 1.29 is 0 Å². The Morgan fingerprint density at radius 1 is 0.905 bits per heavy atom. The second-order valence-corrected chi connectivity index (χ2v) is 8.17. The summed E-state index contributed by atoms with van der Waals surface area (Å²) in [5.41, 5.74) is 4.61. The largest absolute Gasteiger partial charge is 0.359 e. The molecule has 5 rings (SSSR count). The smallest absolute Gasteiger partial charge is 0.187 e. The molecular formula is C17H27N3S. The van der Waals surface area contributed by atoms with Crippen molar-refractivity contribution in [3.8, 4) is 0 Å². The molecular weight excluding hydrogens is 278 g/mol. The molecule has 0 atom stereocenters. The van der Waals surface area contributed by atoms with E-state index in [1.165, 1.54) is 69.9 Å². The van der Waals surface area contributed by atoms with E-state index in [2.05, 4.69) is 10.7 Å². The maximum Gasteiger partial charge on any atom is 0.187 e. The topological polar surface area (TPSA) is 36.4 Å². The first-order chi connectivity index (χ1) is 10.3. The van der Waals surface area contributed by atoms with Crippen LogP contribution in [-0.2, 0) is 0 Å². The summed E-state index contributed by atoms with van der Waals surface area (Å²) in [5, 5.41) is 8.95. The van der Waals surface area contributed by atoms with E-state index >= 15 is 0 Å². The predicted octanol–water partition coefficient (Wildman–Crippen LogP) is 3.60. The average Bonchev–Trinajstić information content (AvgIpc) is 2.47. The SMILES string of the molecule is S=C(NN=C1C2CC3CC(C2)CC1C3)NC1CCCCC1. The third kappa shape index (κ3) is 2.96. The Bertz CT molecular complexity index is 409. The zero-order valence-electron chi connectivity index (χ0n) is 12.8. The molecule has 0 aliphatic heterocycles. The minimum atomic E-state index is 0.567. The summed E-state index contributed by atoms with van der Waals surface area (Å²) in [7, 11) is 0. The van der Waals surface area contributed by atoms with E-state index in [0.29, 0.717) is 6.04 Å². The lowest BCUT2D eigenvalue weighted by atomic mass is 9.55. The van der Waals surface area contributed by atoms with Crippen LogP contribution < -0.4 is 10.7 Å². The van der Waals surface area contributed by atoms with Crippen LogP contribution in [0.2, 0.25) is 0 Å². The molecule has 0 unspecified atom stereocenters. The van der Waals surface area contributed by atoms with Gasteiger partial charge in [0.05, 0.1) is 0 Å². The quantitative estimate of drug-likeness (QED) is 0.604. The molecule has 0 aromatic heterocycles. The maximum absolute atomic E-state index is 5.44. The fourth-order valence-corrected chi connectivity index (χ4v) is 5.64. The highest BCUT2D eigenvalue weighted by molar-refractivity contribution is 7.80. The molecule has 5 saturated carbocycles. The number of nitrogens with zero attached hydrogens (tertiary/aromatic N) is 1. The molecule has 5 aliphatic carbocycles. The van der Waals surface area contributed by atoms with Crippen LogP contribution >= 0.6 is 12.2 Å². The Labute approximate surface area is 133 Å². The van der Waals surface area contributed by atoms with Gasteiger partial charge >= 0.3 is 0 Å². The third-order valence-electron chi connectivity index (χ3n) is 6.20. The van der Waals surface area contributed by atoms with E-state index < -0.39 is 0 Å². The molecule has 21 heavy (non-hydrogen) atoms. The summed E-state index contributed by atoms with van der Waals surface area (Å²) >= 11 is 5.44. The van der Waals surface area contributed by atoms with E-state index in [1.54, 1.807) is 0 Å². The normalized spacial score (nSPS) is 38.4. The molecule has 0 spiro atoms. The number of nitrogens with one attached hydrogen (secondary N) is 2. The standard InChI is InChI=1S/C17H27N3S/c21-17(18-15-4-2-1-3-5-15)20-19-16-13-7-11-6-12(9-13)10-14(16)8-11/h11-15H,1-10H2,(H2,18,20,21). The van der Waals surface area contributed by atoms with Crippen molar-refractivity contribution >= 4 is 23.0 Å². The van der Waals surface area contributed by atoms with E-state index in [9.17, 15) is 0 Å². The van der Waals surface area contributed by atoms with Crippen molar-refractivity contribution in [2.45, 2.75) is 70.3 Å². The van der Waals surface area contributed by atoms with Gasteiger partial charge in [-0.05, 0) is 80.8 Å². The maximum atomic E-state index is 5.44. The Hall–Kier alpha value is -0.640. The van der Waals surface area contributed by atoms with Crippen LogP contribution in [0.5, 0.6) is 0 Å². The highest BCUT2D eigenvalue weighted by atomic mass is 32.1. The van der Waals surface area contributed by atoms with Gasteiger partial charge in [0, 0.05) is 11.8 Å². The van der Waals surface area contributed by atoms with E-state index in [0.717, 1.165) is 28.8 Å². The number of hydrogen-bond donors (Lipinski definition) is 2. The molecule has 116 valence electrons. The lowest BCUT2D eigenvalue weighted by Gasteiger charge is -2.50. The average molecular weight is 305 g/mol. The number of hydrogen-bond acceptors (Lipinski definition) is 2. The number of thiocarbonyl (C=S) groups is 1. The second-order valence-electron chi connectivity index (χ2n) is 7.76. The summed E-state index contributed by atoms with van der Waals surface area (Å²) in [5.74, 6) is 3.51. The van der Waals surface area contributed by atoms with E-state index in [4.69, 9.17) is 17.3 Å². The molecule has 0 heterocycles. The minimum absolute atomic E-state index is 0.567. The summed E-state index contributed by atoms with van der Waals surface area (Å²) in [6.07, 6.45) is 13.6. The van der Waals surface area contributed by atoms with Gasteiger partial charge in [0.2, 0.25) is 0 Å². The predicted molar refractivity (Wildman–Crippen MR) is 90.2 cm³/mol. The molecule has 4 bridgehead atoms. The summed E-state index contributed by atoms with van der Waals surface area (Å²) < 4.78 is 0. The summed E-state index contributed by atoms with van der Waals surface area (Å²) in [4.78, 5) is 0. The Kier molecular flexibility index (Phi) is 3.91. The molecule has 5 fully saturated rings. The van der Waals surface area contributed by atoms with Gasteiger partial charge in [-0.1, -0.05) is 19.3 Å². The highest BCUT2D eigenvalue weighted by Gasteiger charge is 2.46. The van der Waals surface area contributed by atoms with Crippen LogP contribution in [0.25, 0.3) is 0 Å². The van der Waals surface area contributed by atoms with Gasteiger partial charge in [0.1, 0.15) is 0 Å². The van der Waals surface area contributed by atoms with Crippen LogP contribution in [0.3, 0.4) is 0 Å². The lowest BCUT2D eigenvalue weighted by molar-refractivity contribution is 0.108. The Morgan fingerprint density at radius 2 is 1.52 bits per heavy atom. The second kappa shape index (κ2) is 5.86. The number of hydrazone groups is 1. The van der Waals surface area contributed by atoms with Crippen LogP contribution in [0, 0.1) is 23.7 Å². The lowest BCUT2D eigenvalue weighted by Crippen LogP contribution is -2.47. The monoisotopic (exact) mass is 305 g/mol. The third-order valence-corrected chi connectivity index (χ3v) is 6.41. The molecule has 4 heteroatoms. The van der Waals surface area contributed by atoms with Crippen LogP contribution in [0.15, 0.2) is 5.10 Å². The van der Waals surface area contributed by atoms with Crippen molar-refractivity contribution in [1.82, 2.24) is 10.7 Å². The van der Waals surface area contributed by atoms with Gasteiger partial charge in [-0.3, -0.25) is 5.43 Å². The van der Waals surface area contributed by atoms with Gasteiger partial charge in [-0.2, -0.15) is 5.10 Å². The number of rotatable bonds is 2. The molecule has 0 radical (unpaired) electrons. The summed E-state index contributed by atoms with van der Waals surface area (Å²) in [6, 6.07) is 0.567. The van der Waals surface area contributed by atoms with Gasteiger partial charge in [0.25, 0.3) is 0 Å². The first kappa shape index (κ1) is 14.0. The summed E-state index contributed by atoms with van der Waals surface area (Å²) in [6.45, 7) is 0. The van der Waals surface area contributed by atoms with Gasteiger partial charge in [0.15, 0.2) is 5.11 Å². The highest BCUT2D eigenvalue weighted by Crippen LogP contribution is 2.52. The van der Waals surface area contributed by atoms with Crippen molar-refractivity contribution in [1.29, 1.82) is 0 Å². The molecule has 0 saturated heterocycles. The Balaban J connectivity index is 1.33. The van der Waals surface area contributed by atoms with Gasteiger partial charge in [-0.15, -0.1) is 0 Å². The van der Waals surface area contributed by atoms with E-state index in [-0.39, 0.29) is 0 Å². The first-order valence-corrected chi connectivity index (χ1v) is 9.32. The van der Waals surface area contributed by atoms with Crippen LogP contribution in [0.1, 0.15) is 64.2 Å². The van der Waals surface area contributed by atoms with Crippen molar-refractivity contribution in [3.63, 3.8) is 0 Å². The molecule has 3 nitrogen and oxygen atoms in total. The van der Waals surface area contributed by atoms with E-state index in [1.807, 2.05) is 0 Å². The Morgan fingerprint density at radius 3 is 2.14 bits per heavy atom. The zero-order valence-corrected chi connectivity index (χ0v) is 13.6. The van der Waals surface area contributed by atoms with Crippen molar-refractivity contribution in [2.24, 2.45) is 28.8 Å². The molecule has 0 aromatic carbocycles. The van der Waals surface area contributed by atoms with Crippen LogP contribution in [0.4, 0.5) is 0 Å². The van der Waals surface area contributed by atoms with Gasteiger partial charge in [-0.25, -0.2) is 0 Å². The molecule has 0 amide bonds. The fraction of sp³-hybridized carbons (Fsp3) is 0.882. The van der Waals surface area contributed by atoms with Crippen LogP contribution in [-0.4, -0.2) is 16.9 Å². The first-order valence-electron chi connectivity index (χ1n) is 8.92. The van der Waals surface area contributed by atoms with Crippen molar-refractivity contribution in [2.75, 3.05) is 0 Å².